The fraction of sp³-hybridized carbons (Fsp3) is 0.100. The van der Waals surface area contributed by atoms with Gasteiger partial charge in [-0.2, -0.15) is 4.98 Å². The Kier molecular flexibility index (Phi) is 2.51. The molecule has 5 heteroatoms. The van der Waals surface area contributed by atoms with E-state index in [1.54, 1.807) is 31.2 Å². The first-order valence-electron chi connectivity index (χ1n) is 4.27. The van der Waals surface area contributed by atoms with Crippen molar-refractivity contribution in [2.75, 3.05) is 0 Å². The number of rotatable bonds is 2. The maximum Gasteiger partial charge on any atom is 0.257 e. The highest BCUT2D eigenvalue weighted by Gasteiger charge is 2.08. The van der Waals surface area contributed by atoms with E-state index in [4.69, 9.17) is 16.1 Å². The Morgan fingerprint density at radius 1 is 1.47 bits per heavy atom. The van der Waals surface area contributed by atoms with Crippen LogP contribution in [-0.2, 0) is 0 Å². The zero-order valence-electron chi connectivity index (χ0n) is 7.90. The summed E-state index contributed by atoms with van der Waals surface area (Å²) in [6.07, 6.45) is 0. The number of aromatic nitrogens is 2. The lowest BCUT2D eigenvalue weighted by atomic mass is 10.1. The van der Waals surface area contributed by atoms with Gasteiger partial charge in [0.2, 0.25) is 0 Å². The van der Waals surface area contributed by atoms with Crippen LogP contribution in [0.5, 0.6) is 0 Å². The summed E-state index contributed by atoms with van der Waals surface area (Å²) in [5.41, 5.74) is 1.09. The van der Waals surface area contributed by atoms with Gasteiger partial charge in [-0.1, -0.05) is 17.3 Å². The lowest BCUT2D eigenvalue weighted by Gasteiger charge is -1.96. The van der Waals surface area contributed by atoms with Crippen LogP contribution in [0.2, 0.25) is 0 Å². The van der Waals surface area contributed by atoms with Crippen molar-refractivity contribution >= 4 is 16.8 Å². The standard InChI is InChI=1S/C10H7ClN2O2/c1-6-12-10(15-13-6)8-4-2-3-7(5-8)9(11)14/h2-5H,1H3. The van der Waals surface area contributed by atoms with Crippen molar-refractivity contribution in [1.82, 2.24) is 10.1 Å². The van der Waals surface area contributed by atoms with Gasteiger partial charge < -0.3 is 4.52 Å². The normalized spacial score (nSPS) is 10.3. The summed E-state index contributed by atoms with van der Waals surface area (Å²) in [5.74, 6) is 0.930. The topological polar surface area (TPSA) is 56.0 Å². The fourth-order valence-electron chi connectivity index (χ4n) is 1.19. The molecule has 0 atom stereocenters. The first-order valence-corrected chi connectivity index (χ1v) is 4.65. The Morgan fingerprint density at radius 3 is 2.87 bits per heavy atom. The molecule has 0 radical (unpaired) electrons. The van der Waals surface area contributed by atoms with Crippen molar-refractivity contribution < 1.29 is 9.32 Å². The second-order valence-corrected chi connectivity index (χ2v) is 3.34. The van der Waals surface area contributed by atoms with Crippen LogP contribution in [-0.4, -0.2) is 15.4 Å². The van der Waals surface area contributed by atoms with Crippen LogP contribution in [0.3, 0.4) is 0 Å². The van der Waals surface area contributed by atoms with Gasteiger partial charge in [-0.3, -0.25) is 4.79 Å². The summed E-state index contributed by atoms with van der Waals surface area (Å²) in [5, 5.41) is 3.16. The van der Waals surface area contributed by atoms with Crippen LogP contribution in [0.25, 0.3) is 11.5 Å². The summed E-state index contributed by atoms with van der Waals surface area (Å²) >= 11 is 5.36. The minimum atomic E-state index is -0.506. The number of carbonyl (C=O) groups excluding carboxylic acids is 1. The largest absolute Gasteiger partial charge is 0.334 e. The van der Waals surface area contributed by atoms with Crippen LogP contribution < -0.4 is 0 Å². The summed E-state index contributed by atoms with van der Waals surface area (Å²) in [7, 11) is 0. The van der Waals surface area contributed by atoms with Gasteiger partial charge in [0, 0.05) is 11.1 Å². The number of nitrogens with zero attached hydrogens (tertiary/aromatic N) is 2. The van der Waals surface area contributed by atoms with E-state index in [1.807, 2.05) is 0 Å². The zero-order chi connectivity index (χ0) is 10.8. The monoisotopic (exact) mass is 222 g/mol. The SMILES string of the molecule is Cc1noc(-c2cccc(C(=O)Cl)c2)n1. The lowest BCUT2D eigenvalue weighted by Crippen LogP contribution is -1.88. The fourth-order valence-corrected chi connectivity index (χ4v) is 1.31. The molecule has 0 aliphatic rings. The van der Waals surface area contributed by atoms with Gasteiger partial charge in [0.15, 0.2) is 5.82 Å². The minimum Gasteiger partial charge on any atom is -0.334 e. The van der Waals surface area contributed by atoms with Gasteiger partial charge in [-0.15, -0.1) is 0 Å². The van der Waals surface area contributed by atoms with Crippen molar-refractivity contribution in [3.05, 3.63) is 35.7 Å². The molecular weight excluding hydrogens is 216 g/mol. The second kappa shape index (κ2) is 3.82. The van der Waals surface area contributed by atoms with E-state index in [1.165, 1.54) is 0 Å². The summed E-state index contributed by atoms with van der Waals surface area (Å²) in [6.45, 7) is 1.73. The van der Waals surface area contributed by atoms with E-state index in [9.17, 15) is 4.79 Å². The van der Waals surface area contributed by atoms with Gasteiger partial charge in [0.1, 0.15) is 0 Å². The number of halogens is 1. The molecule has 4 nitrogen and oxygen atoms in total. The molecule has 0 fully saturated rings. The molecular formula is C10H7ClN2O2. The number of hydrogen-bond donors (Lipinski definition) is 0. The Hall–Kier alpha value is -1.68. The molecule has 1 aromatic heterocycles. The first-order chi connectivity index (χ1) is 7.16. The average molecular weight is 223 g/mol. The van der Waals surface area contributed by atoms with E-state index in [0.717, 1.165) is 0 Å². The molecule has 0 aliphatic heterocycles. The molecule has 1 heterocycles. The maximum atomic E-state index is 10.9. The maximum absolute atomic E-state index is 10.9. The molecule has 1 aromatic carbocycles. The summed E-state index contributed by atoms with van der Waals surface area (Å²) < 4.78 is 4.97. The van der Waals surface area contributed by atoms with E-state index < -0.39 is 5.24 Å². The molecule has 0 amide bonds. The third-order valence-electron chi connectivity index (χ3n) is 1.86. The summed E-state index contributed by atoms with van der Waals surface area (Å²) in [6, 6.07) is 6.73. The van der Waals surface area contributed by atoms with Crippen LogP contribution in [0.15, 0.2) is 28.8 Å². The van der Waals surface area contributed by atoms with E-state index >= 15 is 0 Å². The summed E-state index contributed by atoms with van der Waals surface area (Å²) in [4.78, 5) is 15.0. The molecule has 0 bridgehead atoms. The molecule has 0 unspecified atom stereocenters. The Labute approximate surface area is 90.9 Å². The molecule has 0 spiro atoms. The van der Waals surface area contributed by atoms with Gasteiger partial charge in [0.05, 0.1) is 0 Å². The Bertz CT molecular complexity index is 508. The molecule has 0 N–H and O–H groups in total. The molecule has 0 saturated heterocycles. The van der Waals surface area contributed by atoms with Gasteiger partial charge >= 0.3 is 0 Å². The highest BCUT2D eigenvalue weighted by atomic mass is 35.5. The van der Waals surface area contributed by atoms with E-state index in [-0.39, 0.29) is 0 Å². The van der Waals surface area contributed by atoms with Crippen molar-refractivity contribution in [2.45, 2.75) is 6.92 Å². The Balaban J connectivity index is 2.45. The number of hydrogen-bond acceptors (Lipinski definition) is 4. The van der Waals surface area contributed by atoms with Crippen LogP contribution in [0.1, 0.15) is 16.2 Å². The predicted octanol–water partition coefficient (Wildman–Crippen LogP) is 2.42. The van der Waals surface area contributed by atoms with Crippen LogP contribution in [0.4, 0.5) is 0 Å². The zero-order valence-corrected chi connectivity index (χ0v) is 8.65. The third-order valence-corrected chi connectivity index (χ3v) is 2.08. The van der Waals surface area contributed by atoms with E-state index in [2.05, 4.69) is 10.1 Å². The highest BCUT2D eigenvalue weighted by molar-refractivity contribution is 6.67. The first kappa shape index (κ1) is 9.86. The predicted molar refractivity (Wildman–Crippen MR) is 54.7 cm³/mol. The Morgan fingerprint density at radius 2 is 2.27 bits per heavy atom. The number of aryl methyl sites for hydroxylation is 1. The van der Waals surface area contributed by atoms with Crippen molar-refractivity contribution in [1.29, 1.82) is 0 Å². The second-order valence-electron chi connectivity index (χ2n) is 3.00. The van der Waals surface area contributed by atoms with Gasteiger partial charge in [-0.25, -0.2) is 0 Å². The van der Waals surface area contributed by atoms with Crippen molar-refractivity contribution in [2.24, 2.45) is 0 Å². The third kappa shape index (κ3) is 2.05. The van der Waals surface area contributed by atoms with Gasteiger partial charge in [-0.05, 0) is 30.7 Å². The van der Waals surface area contributed by atoms with E-state index in [0.29, 0.717) is 22.8 Å². The highest BCUT2D eigenvalue weighted by Crippen LogP contribution is 2.19. The van der Waals surface area contributed by atoms with Gasteiger partial charge in [0.25, 0.3) is 11.1 Å². The molecule has 0 saturated carbocycles. The molecule has 2 aromatic rings. The molecule has 0 aliphatic carbocycles. The number of carbonyl (C=O) groups is 1. The smallest absolute Gasteiger partial charge is 0.257 e. The molecule has 76 valence electrons. The van der Waals surface area contributed by atoms with Crippen molar-refractivity contribution in [3.63, 3.8) is 0 Å². The lowest BCUT2D eigenvalue weighted by molar-refractivity contribution is 0.108. The van der Waals surface area contributed by atoms with Crippen LogP contribution >= 0.6 is 11.6 Å². The molecule has 2 rings (SSSR count). The number of benzene rings is 1. The minimum absolute atomic E-state index is 0.382. The average Bonchev–Trinajstić information content (AvgIpc) is 2.65. The van der Waals surface area contributed by atoms with Crippen molar-refractivity contribution in [3.8, 4) is 11.5 Å². The van der Waals surface area contributed by atoms with Crippen LogP contribution in [0, 0.1) is 6.92 Å². The quantitative estimate of drug-likeness (QED) is 0.733. The molecule has 15 heavy (non-hydrogen) atoms.